The van der Waals surface area contributed by atoms with Crippen LogP contribution in [0.25, 0.3) is 0 Å². The minimum Gasteiger partial charge on any atom is -0.361 e. The molecule has 15 heavy (non-hydrogen) atoms. The predicted molar refractivity (Wildman–Crippen MR) is 58.5 cm³/mol. The van der Waals surface area contributed by atoms with Gasteiger partial charge in [-0.1, -0.05) is 5.92 Å². The fourth-order valence-corrected chi connectivity index (χ4v) is 1.26. The van der Waals surface area contributed by atoms with Gasteiger partial charge in [0.15, 0.2) is 5.78 Å². The first-order valence-electron chi connectivity index (χ1n) is 4.51. The topological polar surface area (TPSA) is 20.3 Å². The number of hydrogen-bond acceptors (Lipinski definition) is 2. The summed E-state index contributed by atoms with van der Waals surface area (Å²) >= 11 is 0. The highest BCUT2D eigenvalue weighted by atomic mass is 19.1. The molecule has 1 aromatic carbocycles. The third kappa shape index (κ3) is 2.57. The van der Waals surface area contributed by atoms with E-state index in [2.05, 4.69) is 5.92 Å². The van der Waals surface area contributed by atoms with E-state index in [4.69, 9.17) is 6.42 Å². The number of carbonyl (C=O) groups is 1. The van der Waals surface area contributed by atoms with Crippen molar-refractivity contribution in [3.05, 3.63) is 29.6 Å². The lowest BCUT2D eigenvalue weighted by Gasteiger charge is -2.16. The number of halogens is 1. The van der Waals surface area contributed by atoms with Crippen LogP contribution in [0.4, 0.5) is 10.1 Å². The van der Waals surface area contributed by atoms with Crippen LogP contribution < -0.4 is 4.90 Å². The monoisotopic (exact) mass is 205 g/mol. The normalized spacial score (nSPS) is 9.47. The second-order valence-corrected chi connectivity index (χ2v) is 3.28. The molecule has 0 unspecified atom stereocenters. The van der Waals surface area contributed by atoms with Gasteiger partial charge in [0.25, 0.3) is 0 Å². The molecule has 0 saturated carbocycles. The van der Waals surface area contributed by atoms with E-state index in [0.717, 1.165) is 0 Å². The Labute approximate surface area is 88.7 Å². The van der Waals surface area contributed by atoms with Crippen molar-refractivity contribution in [2.24, 2.45) is 0 Å². The maximum absolute atomic E-state index is 13.5. The van der Waals surface area contributed by atoms with Crippen LogP contribution in [0, 0.1) is 18.2 Å². The molecule has 0 aromatic heterocycles. The number of Topliss-reactive ketones (excluding diaryl/α,β-unsaturated/α-hetero) is 1. The van der Waals surface area contributed by atoms with Gasteiger partial charge in [0, 0.05) is 12.6 Å². The van der Waals surface area contributed by atoms with Crippen LogP contribution >= 0.6 is 0 Å². The minimum atomic E-state index is -0.430. The molecule has 1 rings (SSSR count). The van der Waals surface area contributed by atoms with Gasteiger partial charge in [-0.15, -0.1) is 6.42 Å². The van der Waals surface area contributed by atoms with Gasteiger partial charge in [-0.3, -0.25) is 4.79 Å². The molecule has 0 saturated heterocycles. The Morgan fingerprint density at radius 2 is 2.27 bits per heavy atom. The van der Waals surface area contributed by atoms with E-state index in [1.807, 2.05) is 0 Å². The maximum Gasteiger partial charge on any atom is 0.159 e. The van der Waals surface area contributed by atoms with Crippen LogP contribution in [0.1, 0.15) is 17.3 Å². The molecule has 78 valence electrons. The van der Waals surface area contributed by atoms with Crippen LogP contribution in [-0.4, -0.2) is 19.4 Å². The van der Waals surface area contributed by atoms with Crippen LogP contribution in [0.15, 0.2) is 18.2 Å². The van der Waals surface area contributed by atoms with Crippen molar-refractivity contribution in [2.45, 2.75) is 6.92 Å². The van der Waals surface area contributed by atoms with Crippen molar-refractivity contribution in [3.63, 3.8) is 0 Å². The van der Waals surface area contributed by atoms with E-state index in [1.165, 1.54) is 13.0 Å². The second-order valence-electron chi connectivity index (χ2n) is 3.28. The summed E-state index contributed by atoms with van der Waals surface area (Å²) in [7, 11) is 1.70. The molecule has 0 radical (unpaired) electrons. The first kappa shape index (κ1) is 11.3. The molecule has 0 aliphatic heterocycles. The number of hydrogen-bond donors (Lipinski definition) is 0. The van der Waals surface area contributed by atoms with E-state index >= 15 is 0 Å². The zero-order valence-corrected chi connectivity index (χ0v) is 8.75. The number of terminal acetylenes is 1. The fourth-order valence-electron chi connectivity index (χ4n) is 1.26. The molecular formula is C12H12FNO. The lowest BCUT2D eigenvalue weighted by molar-refractivity contribution is 0.101. The van der Waals surface area contributed by atoms with Crippen molar-refractivity contribution in [3.8, 4) is 12.3 Å². The van der Waals surface area contributed by atoms with Gasteiger partial charge in [-0.25, -0.2) is 4.39 Å². The highest BCUT2D eigenvalue weighted by Crippen LogP contribution is 2.19. The highest BCUT2D eigenvalue weighted by Gasteiger charge is 2.09. The van der Waals surface area contributed by atoms with Crippen LogP contribution in [0.2, 0.25) is 0 Å². The number of anilines is 1. The molecule has 1 aromatic rings. The van der Waals surface area contributed by atoms with Crippen molar-refractivity contribution in [1.82, 2.24) is 0 Å². The Balaban J connectivity index is 3.03. The molecule has 3 heteroatoms. The van der Waals surface area contributed by atoms with E-state index < -0.39 is 5.82 Å². The summed E-state index contributed by atoms with van der Waals surface area (Å²) in [5.41, 5.74) is 0.767. The number of ketones is 1. The Hall–Kier alpha value is -1.82. The molecule has 2 nitrogen and oxygen atoms in total. The lowest BCUT2D eigenvalue weighted by atomic mass is 10.1. The summed E-state index contributed by atoms with van der Waals surface area (Å²) in [6.07, 6.45) is 5.13. The molecule has 0 spiro atoms. The Bertz CT molecular complexity index is 420. The van der Waals surface area contributed by atoms with Gasteiger partial charge in [-0.05, 0) is 25.1 Å². The van der Waals surface area contributed by atoms with Crippen LogP contribution in [0.5, 0.6) is 0 Å². The van der Waals surface area contributed by atoms with Gasteiger partial charge < -0.3 is 4.90 Å². The molecule has 0 atom stereocenters. The van der Waals surface area contributed by atoms with Gasteiger partial charge in [0.05, 0.1) is 12.2 Å². The van der Waals surface area contributed by atoms with E-state index in [1.54, 1.807) is 24.1 Å². The Morgan fingerprint density at radius 3 is 2.73 bits per heavy atom. The first-order chi connectivity index (χ1) is 7.06. The van der Waals surface area contributed by atoms with Gasteiger partial charge in [0.1, 0.15) is 5.82 Å². The molecule has 0 amide bonds. The number of rotatable bonds is 3. The molecule has 0 aliphatic rings. The maximum atomic E-state index is 13.5. The smallest absolute Gasteiger partial charge is 0.159 e. The van der Waals surface area contributed by atoms with Crippen molar-refractivity contribution < 1.29 is 9.18 Å². The fraction of sp³-hybridized carbons (Fsp3) is 0.250. The third-order valence-corrected chi connectivity index (χ3v) is 2.09. The highest BCUT2D eigenvalue weighted by molar-refractivity contribution is 5.94. The molecule has 0 aliphatic carbocycles. The SMILES string of the molecule is C#CCN(C)c1ccc(C(C)=O)cc1F. The standard InChI is InChI=1S/C12H12FNO/c1-4-7-14(3)12-6-5-10(9(2)15)8-11(12)13/h1,5-6,8H,7H2,2-3H3. The summed E-state index contributed by atoms with van der Waals surface area (Å²) < 4.78 is 13.5. The van der Waals surface area contributed by atoms with Crippen molar-refractivity contribution in [1.29, 1.82) is 0 Å². The first-order valence-corrected chi connectivity index (χ1v) is 4.51. The molecule has 0 bridgehead atoms. The second kappa shape index (κ2) is 4.61. The third-order valence-electron chi connectivity index (χ3n) is 2.09. The van der Waals surface area contributed by atoms with E-state index in [9.17, 15) is 9.18 Å². The average Bonchev–Trinajstić information content (AvgIpc) is 2.17. The zero-order valence-electron chi connectivity index (χ0n) is 8.75. The van der Waals surface area contributed by atoms with Crippen LogP contribution in [0.3, 0.4) is 0 Å². The van der Waals surface area contributed by atoms with Crippen molar-refractivity contribution in [2.75, 3.05) is 18.5 Å². The summed E-state index contributed by atoms with van der Waals surface area (Å²) in [6.45, 7) is 1.73. The summed E-state index contributed by atoms with van der Waals surface area (Å²) in [5.74, 6) is 1.84. The number of benzene rings is 1. The minimum absolute atomic E-state index is 0.153. The Kier molecular flexibility index (Phi) is 3.46. The van der Waals surface area contributed by atoms with E-state index in [-0.39, 0.29) is 5.78 Å². The Morgan fingerprint density at radius 1 is 1.60 bits per heavy atom. The van der Waals surface area contributed by atoms with Gasteiger partial charge in [-0.2, -0.15) is 0 Å². The molecule has 0 N–H and O–H groups in total. The van der Waals surface area contributed by atoms with Gasteiger partial charge in [0.2, 0.25) is 0 Å². The summed E-state index contributed by atoms with van der Waals surface area (Å²) in [4.78, 5) is 12.6. The van der Waals surface area contributed by atoms with Gasteiger partial charge >= 0.3 is 0 Å². The number of carbonyl (C=O) groups excluding carboxylic acids is 1. The van der Waals surface area contributed by atoms with Crippen LogP contribution in [-0.2, 0) is 0 Å². The summed E-state index contributed by atoms with van der Waals surface area (Å²) in [6, 6.07) is 4.38. The average molecular weight is 205 g/mol. The zero-order chi connectivity index (χ0) is 11.4. The van der Waals surface area contributed by atoms with Crippen molar-refractivity contribution >= 4 is 11.5 Å². The van der Waals surface area contributed by atoms with E-state index in [0.29, 0.717) is 17.8 Å². The number of nitrogens with zero attached hydrogens (tertiary/aromatic N) is 1. The molecule has 0 fully saturated rings. The lowest BCUT2D eigenvalue weighted by Crippen LogP contribution is -2.18. The predicted octanol–water partition coefficient (Wildman–Crippen LogP) is 2.10. The summed E-state index contributed by atoms with van der Waals surface area (Å²) in [5, 5.41) is 0. The largest absolute Gasteiger partial charge is 0.361 e. The quantitative estimate of drug-likeness (QED) is 0.556. The molecular weight excluding hydrogens is 193 g/mol. The molecule has 0 heterocycles.